The number of ether oxygens (including phenoxy) is 1. The highest BCUT2D eigenvalue weighted by Gasteiger charge is 2.32. The topological polar surface area (TPSA) is 66.0 Å². The number of guanidine groups is 1. The number of rotatable bonds is 9. The molecule has 1 unspecified atom stereocenters. The number of carbonyl (C=O) groups excluding carboxylic acids is 1. The Hall–Kier alpha value is -1.72. The van der Waals surface area contributed by atoms with Crippen LogP contribution in [0.25, 0.3) is 0 Å². The zero-order valence-electron chi connectivity index (χ0n) is 17.3. The van der Waals surface area contributed by atoms with Crippen LogP contribution in [0.3, 0.4) is 0 Å². The molecule has 0 radical (unpaired) electrons. The van der Waals surface area contributed by atoms with E-state index in [4.69, 9.17) is 0 Å². The standard InChI is InChI=1S/C20H29F3N4O2.HI/c1-3-16(27-13-7-10-18(27)28)11-12-25-19(24-4-2)26-14-15-8-5-6-9-17(15)29-20(21,22)23;/h5-6,8-9,16H,3-4,7,10-14H2,1-2H3,(H2,24,25,26);1H. The molecule has 1 saturated heterocycles. The molecule has 10 heteroatoms. The first-order valence-electron chi connectivity index (χ1n) is 9.99. The molecule has 0 bridgehead atoms. The van der Waals surface area contributed by atoms with Crippen molar-refractivity contribution in [1.29, 1.82) is 0 Å². The van der Waals surface area contributed by atoms with Gasteiger partial charge in [0.2, 0.25) is 5.91 Å². The Labute approximate surface area is 192 Å². The van der Waals surface area contributed by atoms with E-state index in [2.05, 4.69) is 27.3 Å². The van der Waals surface area contributed by atoms with Gasteiger partial charge in [0.1, 0.15) is 5.75 Å². The van der Waals surface area contributed by atoms with E-state index in [0.717, 1.165) is 25.8 Å². The summed E-state index contributed by atoms with van der Waals surface area (Å²) < 4.78 is 41.8. The first-order chi connectivity index (χ1) is 13.8. The Bertz CT molecular complexity index is 701. The summed E-state index contributed by atoms with van der Waals surface area (Å²) in [6, 6.07) is 6.15. The Morgan fingerprint density at radius 3 is 2.60 bits per heavy atom. The number of aliphatic imine (C=N–C) groups is 1. The third kappa shape index (κ3) is 8.57. The summed E-state index contributed by atoms with van der Waals surface area (Å²) in [6.45, 7) is 6.05. The summed E-state index contributed by atoms with van der Waals surface area (Å²) in [7, 11) is 0. The number of nitrogens with one attached hydrogen (secondary N) is 2. The van der Waals surface area contributed by atoms with Gasteiger partial charge >= 0.3 is 6.36 Å². The lowest BCUT2D eigenvalue weighted by Crippen LogP contribution is -2.42. The Balaban J connectivity index is 0.00000450. The predicted octanol–water partition coefficient (Wildman–Crippen LogP) is 4.05. The minimum atomic E-state index is -4.75. The first-order valence-corrected chi connectivity index (χ1v) is 9.99. The number of likely N-dealkylation sites (tertiary alicyclic amines) is 1. The molecular weight excluding hydrogens is 512 g/mol. The van der Waals surface area contributed by atoms with Gasteiger partial charge in [0.05, 0.1) is 6.54 Å². The lowest BCUT2D eigenvalue weighted by Gasteiger charge is -2.27. The van der Waals surface area contributed by atoms with Crippen LogP contribution < -0.4 is 15.4 Å². The van der Waals surface area contributed by atoms with Crippen molar-refractivity contribution in [2.24, 2.45) is 4.99 Å². The van der Waals surface area contributed by atoms with Crippen LogP contribution in [0.1, 0.15) is 45.1 Å². The summed E-state index contributed by atoms with van der Waals surface area (Å²) in [5.41, 5.74) is 0.344. The van der Waals surface area contributed by atoms with Crippen LogP contribution in [-0.4, -0.2) is 48.8 Å². The van der Waals surface area contributed by atoms with Crippen LogP contribution >= 0.6 is 24.0 Å². The maximum absolute atomic E-state index is 12.6. The molecule has 170 valence electrons. The number of para-hydroxylation sites is 1. The number of halogens is 4. The smallest absolute Gasteiger partial charge is 0.405 e. The van der Waals surface area contributed by atoms with Crippen LogP contribution in [0.5, 0.6) is 5.75 Å². The van der Waals surface area contributed by atoms with E-state index >= 15 is 0 Å². The quantitative estimate of drug-likeness (QED) is 0.281. The van der Waals surface area contributed by atoms with Crippen molar-refractivity contribution in [3.63, 3.8) is 0 Å². The summed E-state index contributed by atoms with van der Waals surface area (Å²) in [4.78, 5) is 18.3. The highest BCUT2D eigenvalue weighted by atomic mass is 127. The molecule has 0 spiro atoms. The van der Waals surface area contributed by atoms with Crippen molar-refractivity contribution in [2.75, 3.05) is 19.6 Å². The van der Waals surface area contributed by atoms with E-state index in [-0.39, 0.29) is 48.2 Å². The molecule has 30 heavy (non-hydrogen) atoms. The zero-order chi connectivity index (χ0) is 21.3. The molecule has 2 N–H and O–H groups in total. The maximum Gasteiger partial charge on any atom is 0.573 e. The lowest BCUT2D eigenvalue weighted by molar-refractivity contribution is -0.274. The third-order valence-corrected chi connectivity index (χ3v) is 4.74. The molecule has 2 rings (SSSR count). The molecule has 1 amide bonds. The van der Waals surface area contributed by atoms with Gasteiger partial charge in [-0.25, -0.2) is 4.99 Å². The van der Waals surface area contributed by atoms with Gasteiger partial charge in [-0.15, -0.1) is 37.1 Å². The summed E-state index contributed by atoms with van der Waals surface area (Å²) >= 11 is 0. The van der Waals surface area contributed by atoms with Gasteiger partial charge in [0.25, 0.3) is 0 Å². The minimum Gasteiger partial charge on any atom is -0.405 e. The molecule has 1 aliphatic rings. The highest BCUT2D eigenvalue weighted by molar-refractivity contribution is 14.0. The molecular formula is C20H30F3IN4O2. The van der Waals surface area contributed by atoms with E-state index in [0.29, 0.717) is 31.0 Å². The Kier molecular flexibility index (Phi) is 11.3. The lowest BCUT2D eigenvalue weighted by atomic mass is 10.1. The number of carbonyl (C=O) groups is 1. The van der Waals surface area contributed by atoms with E-state index in [1.165, 1.54) is 12.1 Å². The summed E-state index contributed by atoms with van der Waals surface area (Å²) in [6.07, 6.45) is -1.56. The number of alkyl halides is 3. The fourth-order valence-corrected chi connectivity index (χ4v) is 3.36. The second-order valence-electron chi connectivity index (χ2n) is 6.82. The van der Waals surface area contributed by atoms with Gasteiger partial charge < -0.3 is 20.3 Å². The summed E-state index contributed by atoms with van der Waals surface area (Å²) in [5.74, 6) is 0.466. The van der Waals surface area contributed by atoms with Gasteiger partial charge in [-0.2, -0.15) is 0 Å². The molecule has 0 aromatic heterocycles. The van der Waals surface area contributed by atoms with E-state index in [1.54, 1.807) is 12.1 Å². The van der Waals surface area contributed by atoms with Crippen molar-refractivity contribution >= 4 is 35.8 Å². The molecule has 1 heterocycles. The van der Waals surface area contributed by atoms with Gasteiger partial charge in [-0.05, 0) is 32.3 Å². The van der Waals surface area contributed by atoms with E-state index in [9.17, 15) is 18.0 Å². The average Bonchev–Trinajstić information content (AvgIpc) is 3.09. The summed E-state index contributed by atoms with van der Waals surface area (Å²) in [5, 5.41) is 6.29. The average molecular weight is 542 g/mol. The van der Waals surface area contributed by atoms with Crippen LogP contribution in [0, 0.1) is 0 Å². The van der Waals surface area contributed by atoms with E-state index in [1.807, 2.05) is 11.8 Å². The number of amides is 1. The molecule has 1 fully saturated rings. The van der Waals surface area contributed by atoms with Crippen LogP contribution in [0.4, 0.5) is 13.2 Å². The monoisotopic (exact) mass is 542 g/mol. The molecule has 1 aromatic carbocycles. The van der Waals surface area contributed by atoms with Crippen molar-refractivity contribution in [1.82, 2.24) is 15.5 Å². The molecule has 1 aromatic rings. The second-order valence-corrected chi connectivity index (χ2v) is 6.82. The third-order valence-electron chi connectivity index (χ3n) is 4.74. The predicted molar refractivity (Wildman–Crippen MR) is 121 cm³/mol. The molecule has 6 nitrogen and oxygen atoms in total. The number of hydrogen-bond donors (Lipinski definition) is 2. The molecule has 1 aliphatic heterocycles. The fraction of sp³-hybridized carbons (Fsp3) is 0.600. The SMILES string of the molecule is CCNC(=NCc1ccccc1OC(F)(F)F)NCCC(CC)N1CCCC1=O.I. The van der Waals surface area contributed by atoms with Gasteiger partial charge in [-0.3, -0.25) is 4.79 Å². The van der Waals surface area contributed by atoms with Crippen molar-refractivity contribution in [2.45, 2.75) is 58.5 Å². The largest absolute Gasteiger partial charge is 0.573 e. The van der Waals surface area contributed by atoms with Crippen molar-refractivity contribution < 1.29 is 22.7 Å². The minimum absolute atomic E-state index is 0. The molecule has 0 saturated carbocycles. The van der Waals surface area contributed by atoms with Gasteiger partial charge in [-0.1, -0.05) is 25.1 Å². The number of benzene rings is 1. The number of hydrogen-bond acceptors (Lipinski definition) is 3. The molecule has 1 atom stereocenters. The first kappa shape index (κ1) is 26.3. The van der Waals surface area contributed by atoms with Gasteiger partial charge in [0, 0.05) is 37.7 Å². The molecule has 0 aliphatic carbocycles. The van der Waals surface area contributed by atoms with Crippen LogP contribution in [-0.2, 0) is 11.3 Å². The van der Waals surface area contributed by atoms with Crippen molar-refractivity contribution in [3.8, 4) is 5.75 Å². The normalized spacial score (nSPS) is 15.6. The highest BCUT2D eigenvalue weighted by Crippen LogP contribution is 2.26. The van der Waals surface area contributed by atoms with Crippen LogP contribution in [0.15, 0.2) is 29.3 Å². The van der Waals surface area contributed by atoms with Gasteiger partial charge in [0.15, 0.2) is 5.96 Å². The van der Waals surface area contributed by atoms with E-state index < -0.39 is 6.36 Å². The fourth-order valence-electron chi connectivity index (χ4n) is 3.36. The zero-order valence-corrected chi connectivity index (χ0v) is 19.6. The maximum atomic E-state index is 12.6. The number of nitrogens with zero attached hydrogens (tertiary/aromatic N) is 2. The Morgan fingerprint density at radius 1 is 1.27 bits per heavy atom. The van der Waals surface area contributed by atoms with Crippen molar-refractivity contribution in [3.05, 3.63) is 29.8 Å². The van der Waals surface area contributed by atoms with Crippen LogP contribution in [0.2, 0.25) is 0 Å². The second kappa shape index (κ2) is 12.9. The Morgan fingerprint density at radius 2 is 2.00 bits per heavy atom.